The van der Waals surface area contributed by atoms with Crippen molar-refractivity contribution < 1.29 is 4.74 Å². The molecule has 6 heteroatoms. The number of methoxy groups -OCH3 is 1. The van der Waals surface area contributed by atoms with Crippen molar-refractivity contribution in [2.24, 2.45) is 0 Å². The van der Waals surface area contributed by atoms with E-state index in [2.05, 4.69) is 56.6 Å². The van der Waals surface area contributed by atoms with E-state index in [1.165, 1.54) is 26.3 Å². The summed E-state index contributed by atoms with van der Waals surface area (Å²) in [5.41, 5.74) is 8.11. The van der Waals surface area contributed by atoms with Gasteiger partial charge in [-0.3, -0.25) is 5.10 Å². The van der Waals surface area contributed by atoms with Crippen molar-refractivity contribution in [1.29, 1.82) is 0 Å². The highest BCUT2D eigenvalue weighted by Crippen LogP contribution is 2.46. The summed E-state index contributed by atoms with van der Waals surface area (Å²) in [5.74, 6) is 0.632. The summed E-state index contributed by atoms with van der Waals surface area (Å²) in [6.07, 6.45) is 4.74. The zero-order valence-electron chi connectivity index (χ0n) is 15.1. The number of hydrogen-bond donors (Lipinski definition) is 2. The van der Waals surface area contributed by atoms with E-state index in [1.807, 2.05) is 29.8 Å². The molecule has 5 nitrogen and oxygen atoms in total. The summed E-state index contributed by atoms with van der Waals surface area (Å²) in [5, 5.41) is 9.13. The number of aromatic amines is 2. The Morgan fingerprint density at radius 2 is 2.00 bits per heavy atom. The first-order valence-corrected chi connectivity index (χ1v) is 9.90. The van der Waals surface area contributed by atoms with Crippen molar-refractivity contribution >= 4 is 22.2 Å². The Balaban J connectivity index is 1.39. The SMILES string of the molecule is COc1ccc(-c2cc3c(s2)Cc2c(-c4ccc5cc[nH]c5c4)n[nH]c2-3)cn1. The number of fused-ring (bicyclic) bond motifs is 4. The lowest BCUT2D eigenvalue weighted by atomic mass is 10.0. The Bertz CT molecular complexity index is 1330. The van der Waals surface area contributed by atoms with Gasteiger partial charge in [-0.15, -0.1) is 11.3 Å². The number of hydrogen-bond acceptors (Lipinski definition) is 4. The number of nitrogens with zero attached hydrogens (tertiary/aromatic N) is 2. The van der Waals surface area contributed by atoms with Gasteiger partial charge in [0, 0.05) is 62.4 Å². The van der Waals surface area contributed by atoms with Gasteiger partial charge in [0.1, 0.15) is 0 Å². The summed E-state index contributed by atoms with van der Waals surface area (Å²) in [4.78, 5) is 10.2. The van der Waals surface area contributed by atoms with Crippen LogP contribution in [0, 0.1) is 0 Å². The van der Waals surface area contributed by atoms with E-state index in [1.54, 1.807) is 7.11 Å². The number of ether oxygens (including phenoxy) is 1. The van der Waals surface area contributed by atoms with Gasteiger partial charge in [-0.2, -0.15) is 5.10 Å². The third-order valence-corrected chi connectivity index (χ3v) is 6.53. The van der Waals surface area contributed by atoms with Crippen LogP contribution in [0.4, 0.5) is 0 Å². The Morgan fingerprint density at radius 3 is 2.86 bits per heavy atom. The summed E-state index contributed by atoms with van der Waals surface area (Å²) >= 11 is 1.82. The summed E-state index contributed by atoms with van der Waals surface area (Å²) < 4.78 is 5.16. The average molecular weight is 384 g/mol. The van der Waals surface area contributed by atoms with Crippen LogP contribution in [-0.4, -0.2) is 27.3 Å². The maximum absolute atomic E-state index is 5.16. The molecule has 4 heterocycles. The molecule has 0 fully saturated rings. The lowest BCUT2D eigenvalue weighted by Gasteiger charge is -2.02. The molecule has 1 aliphatic carbocycles. The highest BCUT2D eigenvalue weighted by atomic mass is 32.1. The average Bonchev–Trinajstić information content (AvgIpc) is 3.48. The van der Waals surface area contributed by atoms with Gasteiger partial charge in [0.2, 0.25) is 5.88 Å². The van der Waals surface area contributed by atoms with Crippen LogP contribution in [0.1, 0.15) is 10.4 Å². The first-order valence-electron chi connectivity index (χ1n) is 9.08. The van der Waals surface area contributed by atoms with E-state index in [4.69, 9.17) is 4.74 Å². The van der Waals surface area contributed by atoms with Crippen molar-refractivity contribution in [3.05, 3.63) is 65.3 Å². The molecule has 5 aromatic rings. The van der Waals surface area contributed by atoms with E-state index in [-0.39, 0.29) is 0 Å². The molecule has 136 valence electrons. The van der Waals surface area contributed by atoms with Crippen molar-refractivity contribution in [1.82, 2.24) is 20.2 Å². The normalized spacial score (nSPS) is 12.3. The molecule has 0 amide bonds. The molecule has 0 unspecified atom stereocenters. The second kappa shape index (κ2) is 5.81. The second-order valence-corrected chi connectivity index (χ2v) is 8.06. The van der Waals surface area contributed by atoms with Crippen LogP contribution in [0.2, 0.25) is 0 Å². The lowest BCUT2D eigenvalue weighted by Crippen LogP contribution is -1.86. The van der Waals surface area contributed by atoms with E-state index in [0.29, 0.717) is 5.88 Å². The number of thiophene rings is 1. The Hall–Kier alpha value is -3.38. The minimum Gasteiger partial charge on any atom is -0.481 e. The number of pyridine rings is 1. The molecule has 4 aromatic heterocycles. The Labute approximate surface area is 165 Å². The minimum absolute atomic E-state index is 0.632. The van der Waals surface area contributed by atoms with Crippen molar-refractivity contribution in [2.75, 3.05) is 7.11 Å². The number of H-pyrrole nitrogens is 2. The molecule has 0 radical (unpaired) electrons. The van der Waals surface area contributed by atoms with Crippen LogP contribution < -0.4 is 4.74 Å². The molecule has 2 N–H and O–H groups in total. The zero-order chi connectivity index (χ0) is 18.7. The highest BCUT2D eigenvalue weighted by molar-refractivity contribution is 7.16. The van der Waals surface area contributed by atoms with Crippen LogP contribution in [0.15, 0.2) is 54.9 Å². The van der Waals surface area contributed by atoms with Gasteiger partial charge in [0.15, 0.2) is 0 Å². The van der Waals surface area contributed by atoms with E-state index in [9.17, 15) is 0 Å². The number of rotatable bonds is 3. The first kappa shape index (κ1) is 15.7. The fourth-order valence-corrected chi connectivity index (χ4v) is 5.08. The van der Waals surface area contributed by atoms with E-state index in [0.717, 1.165) is 34.5 Å². The molecule has 1 aromatic carbocycles. The van der Waals surface area contributed by atoms with Crippen LogP contribution in [0.3, 0.4) is 0 Å². The highest BCUT2D eigenvalue weighted by Gasteiger charge is 2.27. The van der Waals surface area contributed by atoms with Gasteiger partial charge in [0.25, 0.3) is 0 Å². The van der Waals surface area contributed by atoms with E-state index >= 15 is 0 Å². The molecule has 0 saturated carbocycles. The largest absolute Gasteiger partial charge is 0.481 e. The van der Waals surface area contributed by atoms with Crippen LogP contribution in [-0.2, 0) is 6.42 Å². The van der Waals surface area contributed by atoms with Crippen molar-refractivity contribution in [3.63, 3.8) is 0 Å². The molecule has 28 heavy (non-hydrogen) atoms. The molecule has 0 spiro atoms. The topological polar surface area (TPSA) is 66.6 Å². The third kappa shape index (κ3) is 2.25. The van der Waals surface area contributed by atoms with Crippen LogP contribution in [0.5, 0.6) is 5.88 Å². The maximum atomic E-state index is 5.16. The predicted molar refractivity (Wildman–Crippen MR) is 112 cm³/mol. The van der Waals surface area contributed by atoms with Crippen molar-refractivity contribution in [3.8, 4) is 38.8 Å². The van der Waals surface area contributed by atoms with E-state index < -0.39 is 0 Å². The first-order chi connectivity index (χ1) is 13.8. The van der Waals surface area contributed by atoms with Gasteiger partial charge in [-0.05, 0) is 29.7 Å². The predicted octanol–water partition coefficient (Wildman–Crippen LogP) is 5.26. The van der Waals surface area contributed by atoms with Gasteiger partial charge >= 0.3 is 0 Å². The molecule has 0 atom stereocenters. The lowest BCUT2D eigenvalue weighted by molar-refractivity contribution is 0.398. The second-order valence-electron chi connectivity index (χ2n) is 6.92. The third-order valence-electron chi connectivity index (χ3n) is 5.34. The van der Waals surface area contributed by atoms with Gasteiger partial charge in [-0.25, -0.2) is 4.98 Å². The monoisotopic (exact) mass is 384 g/mol. The Kier molecular flexibility index (Phi) is 3.25. The summed E-state index contributed by atoms with van der Waals surface area (Å²) in [6.45, 7) is 0. The van der Waals surface area contributed by atoms with Gasteiger partial charge < -0.3 is 9.72 Å². The Morgan fingerprint density at radius 1 is 1.07 bits per heavy atom. The molecule has 0 aliphatic heterocycles. The zero-order valence-corrected chi connectivity index (χ0v) is 15.9. The molecule has 0 saturated heterocycles. The van der Waals surface area contributed by atoms with Gasteiger partial charge in [-0.1, -0.05) is 12.1 Å². The summed E-state index contributed by atoms with van der Waals surface area (Å²) in [7, 11) is 1.63. The quantitative estimate of drug-likeness (QED) is 0.437. The number of aromatic nitrogens is 4. The summed E-state index contributed by atoms with van der Waals surface area (Å²) in [6, 6.07) is 14.7. The standard InChI is InChI=1S/C22H16N4OS/c1-27-20-5-4-14(11-24-20)18-9-15-19(28-18)10-16-21(25-26-22(15)16)13-3-2-12-6-7-23-17(12)8-13/h2-9,11,23H,10H2,1H3,(H,25,26). The van der Waals surface area contributed by atoms with Gasteiger partial charge in [0.05, 0.1) is 18.5 Å². The molecular weight excluding hydrogens is 368 g/mol. The van der Waals surface area contributed by atoms with Crippen LogP contribution in [0.25, 0.3) is 43.9 Å². The maximum Gasteiger partial charge on any atom is 0.212 e. The smallest absolute Gasteiger partial charge is 0.212 e. The minimum atomic E-state index is 0.632. The number of nitrogens with one attached hydrogen (secondary N) is 2. The molecule has 0 bridgehead atoms. The fourth-order valence-electron chi connectivity index (χ4n) is 3.92. The molecule has 6 rings (SSSR count). The van der Waals surface area contributed by atoms with Crippen molar-refractivity contribution in [2.45, 2.75) is 6.42 Å². The van der Waals surface area contributed by atoms with Crippen LogP contribution >= 0.6 is 11.3 Å². The molecular formula is C22H16N4OS. The molecule has 1 aliphatic rings. The number of benzene rings is 1. The fraction of sp³-hybridized carbons (Fsp3) is 0.0909.